The Bertz CT molecular complexity index is 615. The Morgan fingerprint density at radius 1 is 1.08 bits per heavy atom. The maximum atomic E-state index is 12.2. The van der Waals surface area contributed by atoms with Gasteiger partial charge in [0.25, 0.3) is 0 Å². The lowest BCUT2D eigenvalue weighted by atomic mass is 9.44. The zero-order valence-corrected chi connectivity index (χ0v) is 15.6. The van der Waals surface area contributed by atoms with E-state index >= 15 is 0 Å². The molecule has 140 valence electrons. The highest BCUT2D eigenvalue weighted by atomic mass is 16.3. The molecule has 0 aromatic rings. The van der Waals surface area contributed by atoms with E-state index in [0.717, 1.165) is 25.7 Å². The Labute approximate surface area is 150 Å². The molecule has 0 heterocycles. The first kappa shape index (κ1) is 17.7. The molecule has 0 saturated heterocycles. The SMILES string of the molecule is CC(=O)[C@@]1(O)CC[C@H]2[C@@H]3C(O)CC4CC(O)C=C[C@]4(C)[C@H]3CC[C@@]21C. The van der Waals surface area contributed by atoms with Crippen molar-refractivity contribution in [2.24, 2.45) is 34.5 Å². The molecule has 3 saturated carbocycles. The van der Waals surface area contributed by atoms with Crippen molar-refractivity contribution in [2.45, 2.75) is 77.1 Å². The average Bonchev–Trinajstić information content (AvgIpc) is 2.82. The molecule has 3 fully saturated rings. The molecule has 4 rings (SSSR count). The molecule has 25 heavy (non-hydrogen) atoms. The van der Waals surface area contributed by atoms with E-state index in [1.807, 2.05) is 6.08 Å². The zero-order chi connectivity index (χ0) is 18.2. The summed E-state index contributed by atoms with van der Waals surface area (Å²) in [4.78, 5) is 12.2. The first-order valence-corrected chi connectivity index (χ1v) is 9.92. The molecule has 4 aliphatic carbocycles. The molecule has 0 aromatic carbocycles. The maximum absolute atomic E-state index is 12.2. The molecule has 0 spiro atoms. The molecular formula is C21H32O4. The van der Waals surface area contributed by atoms with Gasteiger partial charge in [-0.1, -0.05) is 26.0 Å². The summed E-state index contributed by atoms with van der Waals surface area (Å²) in [6.45, 7) is 5.88. The highest BCUT2D eigenvalue weighted by molar-refractivity contribution is 5.86. The van der Waals surface area contributed by atoms with Crippen molar-refractivity contribution >= 4 is 5.78 Å². The van der Waals surface area contributed by atoms with Gasteiger partial charge in [0.2, 0.25) is 0 Å². The van der Waals surface area contributed by atoms with E-state index in [-0.39, 0.29) is 23.0 Å². The molecule has 0 aliphatic heterocycles. The lowest BCUT2D eigenvalue weighted by molar-refractivity contribution is -0.178. The van der Waals surface area contributed by atoms with Crippen LogP contribution < -0.4 is 0 Å². The van der Waals surface area contributed by atoms with E-state index in [2.05, 4.69) is 19.9 Å². The van der Waals surface area contributed by atoms with Gasteiger partial charge in [0.05, 0.1) is 12.2 Å². The summed E-state index contributed by atoms with van der Waals surface area (Å²) in [6.07, 6.45) is 7.87. The number of carbonyl (C=O) groups is 1. The second-order valence-corrected chi connectivity index (χ2v) is 9.73. The Morgan fingerprint density at radius 2 is 1.76 bits per heavy atom. The molecule has 0 bridgehead atoms. The molecule has 4 aliphatic rings. The first-order chi connectivity index (χ1) is 11.6. The minimum absolute atomic E-state index is 0.00137. The molecule has 9 atom stereocenters. The minimum atomic E-state index is -1.24. The molecular weight excluding hydrogens is 316 g/mol. The van der Waals surface area contributed by atoms with Gasteiger partial charge in [-0.25, -0.2) is 0 Å². The van der Waals surface area contributed by atoms with Crippen molar-refractivity contribution in [1.29, 1.82) is 0 Å². The van der Waals surface area contributed by atoms with E-state index in [4.69, 9.17) is 0 Å². The van der Waals surface area contributed by atoms with E-state index in [0.29, 0.717) is 24.7 Å². The third-order valence-electron chi connectivity index (χ3n) is 8.92. The van der Waals surface area contributed by atoms with Crippen LogP contribution in [0.25, 0.3) is 0 Å². The predicted molar refractivity (Wildman–Crippen MR) is 94.7 cm³/mol. The van der Waals surface area contributed by atoms with Crippen molar-refractivity contribution in [3.63, 3.8) is 0 Å². The summed E-state index contributed by atoms with van der Waals surface area (Å²) in [6, 6.07) is 0. The number of aliphatic hydroxyl groups excluding tert-OH is 2. The van der Waals surface area contributed by atoms with Crippen molar-refractivity contribution in [2.75, 3.05) is 0 Å². The number of fused-ring (bicyclic) bond motifs is 5. The summed E-state index contributed by atoms with van der Waals surface area (Å²) < 4.78 is 0. The Morgan fingerprint density at radius 3 is 2.44 bits per heavy atom. The van der Waals surface area contributed by atoms with Crippen molar-refractivity contribution < 1.29 is 20.1 Å². The third-order valence-corrected chi connectivity index (χ3v) is 8.92. The van der Waals surface area contributed by atoms with Crippen LogP contribution >= 0.6 is 0 Å². The normalized spacial score (nSPS) is 57.5. The van der Waals surface area contributed by atoms with Gasteiger partial charge in [0, 0.05) is 5.41 Å². The standard InChI is InChI=1S/C21H32O4/c1-12(22)21(25)9-6-16-18-15(5-8-20(16,21)3)19(2)7-4-14(23)10-13(19)11-17(18)24/h4,7,13-18,23-25H,5-6,8-11H2,1-3H3/t13?,14?,15-,16-,17?,18+,19-,20-,21-/m0/s1. The lowest BCUT2D eigenvalue weighted by Gasteiger charge is -2.61. The molecule has 4 heteroatoms. The number of allylic oxidation sites excluding steroid dienone is 1. The number of aliphatic hydroxyl groups is 3. The number of ketones is 1. The largest absolute Gasteiger partial charge is 0.393 e. The quantitative estimate of drug-likeness (QED) is 0.636. The Hall–Kier alpha value is -0.710. The van der Waals surface area contributed by atoms with Crippen LogP contribution in [0.15, 0.2) is 12.2 Å². The van der Waals surface area contributed by atoms with Crippen LogP contribution in [0.2, 0.25) is 0 Å². The summed E-state index contributed by atoms with van der Waals surface area (Å²) >= 11 is 0. The minimum Gasteiger partial charge on any atom is -0.393 e. The second-order valence-electron chi connectivity index (χ2n) is 9.73. The smallest absolute Gasteiger partial charge is 0.161 e. The van der Waals surface area contributed by atoms with Crippen molar-refractivity contribution in [3.05, 3.63) is 12.2 Å². The zero-order valence-electron chi connectivity index (χ0n) is 15.6. The highest BCUT2D eigenvalue weighted by Crippen LogP contribution is 2.67. The lowest BCUT2D eigenvalue weighted by Crippen LogP contribution is -2.61. The molecule has 3 N–H and O–H groups in total. The van der Waals surface area contributed by atoms with Gasteiger partial charge in [-0.2, -0.15) is 0 Å². The third kappa shape index (κ3) is 2.14. The Balaban J connectivity index is 1.73. The van der Waals surface area contributed by atoms with E-state index in [1.165, 1.54) is 6.92 Å². The number of Topliss-reactive ketones (excluding diaryl/α,β-unsaturated/α-hetero) is 1. The monoisotopic (exact) mass is 348 g/mol. The number of carbonyl (C=O) groups excluding carboxylic acids is 1. The van der Waals surface area contributed by atoms with Crippen molar-refractivity contribution in [1.82, 2.24) is 0 Å². The van der Waals surface area contributed by atoms with Crippen LogP contribution in [0.3, 0.4) is 0 Å². The summed E-state index contributed by atoms with van der Waals surface area (Å²) in [7, 11) is 0. The topological polar surface area (TPSA) is 77.8 Å². The molecule has 0 radical (unpaired) electrons. The average molecular weight is 348 g/mol. The molecule has 0 amide bonds. The van der Waals surface area contributed by atoms with E-state index in [1.54, 1.807) is 0 Å². The van der Waals surface area contributed by atoms with Crippen LogP contribution in [0.5, 0.6) is 0 Å². The highest BCUT2D eigenvalue weighted by Gasteiger charge is 2.67. The van der Waals surface area contributed by atoms with Gasteiger partial charge in [-0.05, 0) is 74.5 Å². The van der Waals surface area contributed by atoms with E-state index < -0.39 is 23.2 Å². The number of rotatable bonds is 1. The molecule has 3 unspecified atom stereocenters. The molecule has 0 aromatic heterocycles. The number of hydrogen-bond acceptors (Lipinski definition) is 4. The van der Waals surface area contributed by atoms with Crippen LogP contribution in [0.1, 0.15) is 59.3 Å². The van der Waals surface area contributed by atoms with Crippen LogP contribution in [-0.4, -0.2) is 38.9 Å². The summed E-state index contributed by atoms with van der Waals surface area (Å²) in [5.41, 5.74) is -1.66. The Kier molecular flexibility index (Phi) is 3.82. The fourth-order valence-electron chi connectivity index (χ4n) is 7.36. The summed E-state index contributed by atoms with van der Waals surface area (Å²) in [5, 5.41) is 32.2. The van der Waals surface area contributed by atoms with Gasteiger partial charge in [-0.3, -0.25) is 4.79 Å². The van der Waals surface area contributed by atoms with E-state index in [9.17, 15) is 20.1 Å². The fourth-order valence-corrected chi connectivity index (χ4v) is 7.36. The van der Waals surface area contributed by atoms with Crippen LogP contribution in [0.4, 0.5) is 0 Å². The van der Waals surface area contributed by atoms with Gasteiger partial charge in [0.1, 0.15) is 5.60 Å². The van der Waals surface area contributed by atoms with Gasteiger partial charge < -0.3 is 15.3 Å². The predicted octanol–water partition coefficient (Wildman–Crippen LogP) is 2.46. The maximum Gasteiger partial charge on any atom is 0.161 e. The molecule has 4 nitrogen and oxygen atoms in total. The van der Waals surface area contributed by atoms with Crippen LogP contribution in [0, 0.1) is 34.5 Å². The van der Waals surface area contributed by atoms with Crippen LogP contribution in [-0.2, 0) is 4.79 Å². The summed E-state index contributed by atoms with van der Waals surface area (Å²) in [5.74, 6) is 0.867. The first-order valence-electron chi connectivity index (χ1n) is 9.92. The van der Waals surface area contributed by atoms with Gasteiger partial charge >= 0.3 is 0 Å². The second kappa shape index (κ2) is 5.40. The van der Waals surface area contributed by atoms with Gasteiger partial charge in [-0.15, -0.1) is 0 Å². The van der Waals surface area contributed by atoms with Crippen molar-refractivity contribution in [3.8, 4) is 0 Å². The number of hydrogen-bond donors (Lipinski definition) is 3. The fraction of sp³-hybridized carbons (Fsp3) is 0.857. The van der Waals surface area contributed by atoms with Gasteiger partial charge in [0.15, 0.2) is 5.78 Å².